The molecule has 22 heavy (non-hydrogen) atoms. The van der Waals surface area contributed by atoms with E-state index in [1.165, 1.54) is 0 Å². The molecule has 1 unspecified atom stereocenters. The van der Waals surface area contributed by atoms with Crippen LogP contribution in [-0.2, 0) is 6.54 Å². The van der Waals surface area contributed by atoms with Gasteiger partial charge in [-0.05, 0) is 31.2 Å². The first-order chi connectivity index (χ1) is 10.7. The number of hydrogen-bond donors (Lipinski definition) is 1. The van der Waals surface area contributed by atoms with Crippen molar-refractivity contribution in [1.29, 1.82) is 0 Å². The van der Waals surface area contributed by atoms with Crippen LogP contribution in [0.4, 0.5) is 0 Å². The van der Waals surface area contributed by atoms with E-state index in [4.69, 9.17) is 14.2 Å². The lowest BCUT2D eigenvalue weighted by Gasteiger charge is -2.19. The molecule has 2 aromatic rings. The molecule has 0 aliphatic carbocycles. The SMILES string of the molecule is COc1ccc(OC)c(C(C)NCc2ccccc2OC)c1. The van der Waals surface area contributed by atoms with Gasteiger partial charge in [0.25, 0.3) is 0 Å². The molecule has 0 heterocycles. The van der Waals surface area contributed by atoms with E-state index in [2.05, 4.69) is 18.3 Å². The van der Waals surface area contributed by atoms with Gasteiger partial charge in [-0.25, -0.2) is 0 Å². The number of methoxy groups -OCH3 is 3. The first kappa shape index (κ1) is 16.2. The molecule has 0 radical (unpaired) electrons. The normalized spacial score (nSPS) is 11.8. The van der Waals surface area contributed by atoms with Crippen LogP contribution in [0.5, 0.6) is 17.2 Å². The van der Waals surface area contributed by atoms with E-state index in [1.807, 2.05) is 36.4 Å². The Morgan fingerprint density at radius 3 is 2.32 bits per heavy atom. The Bertz CT molecular complexity index is 613. The highest BCUT2D eigenvalue weighted by atomic mass is 16.5. The van der Waals surface area contributed by atoms with Crippen LogP contribution >= 0.6 is 0 Å². The predicted octanol–water partition coefficient (Wildman–Crippen LogP) is 3.56. The van der Waals surface area contributed by atoms with Crippen molar-refractivity contribution in [3.63, 3.8) is 0 Å². The van der Waals surface area contributed by atoms with E-state index >= 15 is 0 Å². The molecule has 2 aromatic carbocycles. The van der Waals surface area contributed by atoms with E-state index in [1.54, 1.807) is 21.3 Å². The molecule has 0 saturated carbocycles. The van der Waals surface area contributed by atoms with Gasteiger partial charge in [0.15, 0.2) is 0 Å². The van der Waals surface area contributed by atoms with Crippen molar-refractivity contribution in [2.24, 2.45) is 0 Å². The molecule has 0 bridgehead atoms. The van der Waals surface area contributed by atoms with Crippen molar-refractivity contribution < 1.29 is 14.2 Å². The smallest absolute Gasteiger partial charge is 0.123 e. The average molecular weight is 301 g/mol. The summed E-state index contributed by atoms with van der Waals surface area (Å²) in [6, 6.07) is 13.9. The molecule has 1 N–H and O–H groups in total. The van der Waals surface area contributed by atoms with E-state index in [0.29, 0.717) is 6.54 Å². The van der Waals surface area contributed by atoms with Gasteiger partial charge in [0.2, 0.25) is 0 Å². The standard InChI is InChI=1S/C18H23NO3/c1-13(16-11-15(20-2)9-10-18(16)22-4)19-12-14-7-5-6-8-17(14)21-3/h5-11,13,19H,12H2,1-4H3. The molecule has 1 atom stereocenters. The number of hydrogen-bond acceptors (Lipinski definition) is 4. The van der Waals surface area contributed by atoms with Gasteiger partial charge < -0.3 is 19.5 Å². The fourth-order valence-corrected chi connectivity index (χ4v) is 2.40. The molecule has 0 spiro atoms. The summed E-state index contributed by atoms with van der Waals surface area (Å²) < 4.78 is 16.1. The predicted molar refractivity (Wildman–Crippen MR) is 87.8 cm³/mol. The fraction of sp³-hybridized carbons (Fsp3) is 0.333. The molecule has 0 aromatic heterocycles. The van der Waals surface area contributed by atoms with Crippen LogP contribution in [0.15, 0.2) is 42.5 Å². The van der Waals surface area contributed by atoms with Crippen molar-refractivity contribution in [1.82, 2.24) is 5.32 Å². The zero-order chi connectivity index (χ0) is 15.9. The van der Waals surface area contributed by atoms with E-state index in [9.17, 15) is 0 Å². The highest BCUT2D eigenvalue weighted by molar-refractivity contribution is 5.42. The maximum Gasteiger partial charge on any atom is 0.123 e. The van der Waals surface area contributed by atoms with Gasteiger partial charge in [0.1, 0.15) is 17.2 Å². The van der Waals surface area contributed by atoms with Crippen molar-refractivity contribution in [3.05, 3.63) is 53.6 Å². The van der Waals surface area contributed by atoms with Crippen molar-refractivity contribution in [3.8, 4) is 17.2 Å². The second-order valence-electron chi connectivity index (χ2n) is 5.02. The lowest BCUT2D eigenvalue weighted by molar-refractivity contribution is 0.389. The van der Waals surface area contributed by atoms with Gasteiger partial charge >= 0.3 is 0 Å². The van der Waals surface area contributed by atoms with Gasteiger partial charge in [-0.3, -0.25) is 0 Å². The van der Waals surface area contributed by atoms with Crippen LogP contribution < -0.4 is 19.5 Å². The zero-order valence-corrected chi connectivity index (χ0v) is 13.6. The van der Waals surface area contributed by atoms with Crippen LogP contribution in [0.1, 0.15) is 24.1 Å². The van der Waals surface area contributed by atoms with Gasteiger partial charge in [-0.2, -0.15) is 0 Å². The second kappa shape index (κ2) is 7.71. The summed E-state index contributed by atoms with van der Waals surface area (Å²) in [7, 11) is 5.03. The second-order valence-corrected chi connectivity index (χ2v) is 5.02. The monoisotopic (exact) mass is 301 g/mol. The molecule has 0 fully saturated rings. The van der Waals surface area contributed by atoms with Crippen molar-refractivity contribution in [2.75, 3.05) is 21.3 Å². The average Bonchev–Trinajstić information content (AvgIpc) is 2.59. The fourth-order valence-electron chi connectivity index (χ4n) is 2.40. The lowest BCUT2D eigenvalue weighted by Crippen LogP contribution is -2.19. The minimum absolute atomic E-state index is 0.120. The highest BCUT2D eigenvalue weighted by Gasteiger charge is 2.13. The molecule has 118 valence electrons. The number of ether oxygens (including phenoxy) is 3. The summed E-state index contributed by atoms with van der Waals surface area (Å²) in [5.41, 5.74) is 2.19. The number of nitrogens with one attached hydrogen (secondary N) is 1. The molecule has 0 saturated heterocycles. The summed E-state index contributed by atoms with van der Waals surface area (Å²) in [5.74, 6) is 2.56. The number of benzene rings is 2. The summed E-state index contributed by atoms with van der Waals surface area (Å²) in [6.45, 7) is 2.82. The van der Waals surface area contributed by atoms with Crippen LogP contribution in [0.25, 0.3) is 0 Å². The molecule has 4 nitrogen and oxygen atoms in total. The van der Waals surface area contributed by atoms with Crippen LogP contribution in [0.3, 0.4) is 0 Å². The third kappa shape index (κ3) is 3.71. The van der Waals surface area contributed by atoms with Gasteiger partial charge in [-0.15, -0.1) is 0 Å². The summed E-state index contributed by atoms with van der Waals surface area (Å²) in [5, 5.41) is 3.50. The number of para-hydroxylation sites is 1. The van der Waals surface area contributed by atoms with Gasteiger partial charge in [0, 0.05) is 23.7 Å². The Labute approximate surface area is 132 Å². The molecule has 0 aliphatic heterocycles. The topological polar surface area (TPSA) is 39.7 Å². The first-order valence-corrected chi connectivity index (χ1v) is 7.26. The Morgan fingerprint density at radius 1 is 0.909 bits per heavy atom. The van der Waals surface area contributed by atoms with Crippen LogP contribution in [0, 0.1) is 0 Å². The van der Waals surface area contributed by atoms with Crippen molar-refractivity contribution >= 4 is 0 Å². The van der Waals surface area contributed by atoms with Crippen molar-refractivity contribution in [2.45, 2.75) is 19.5 Å². The molecule has 0 aliphatic rings. The number of rotatable bonds is 7. The van der Waals surface area contributed by atoms with E-state index < -0.39 is 0 Å². The Balaban J connectivity index is 2.13. The third-order valence-electron chi connectivity index (χ3n) is 3.69. The maximum atomic E-state index is 5.44. The quantitative estimate of drug-likeness (QED) is 0.849. The minimum atomic E-state index is 0.120. The minimum Gasteiger partial charge on any atom is -0.497 e. The third-order valence-corrected chi connectivity index (χ3v) is 3.69. The van der Waals surface area contributed by atoms with Gasteiger partial charge in [-0.1, -0.05) is 18.2 Å². The molecular formula is C18H23NO3. The Hall–Kier alpha value is -2.20. The van der Waals surface area contributed by atoms with Crippen LogP contribution in [0.2, 0.25) is 0 Å². The highest BCUT2D eigenvalue weighted by Crippen LogP contribution is 2.29. The molecule has 0 amide bonds. The van der Waals surface area contributed by atoms with Gasteiger partial charge in [0.05, 0.1) is 21.3 Å². The summed E-state index contributed by atoms with van der Waals surface area (Å²) in [4.78, 5) is 0. The first-order valence-electron chi connectivity index (χ1n) is 7.26. The summed E-state index contributed by atoms with van der Waals surface area (Å²) in [6.07, 6.45) is 0. The molecular weight excluding hydrogens is 278 g/mol. The maximum absolute atomic E-state index is 5.44. The van der Waals surface area contributed by atoms with E-state index in [-0.39, 0.29) is 6.04 Å². The molecule has 2 rings (SSSR count). The largest absolute Gasteiger partial charge is 0.497 e. The lowest BCUT2D eigenvalue weighted by atomic mass is 10.1. The summed E-state index contributed by atoms with van der Waals surface area (Å²) >= 11 is 0. The molecule has 4 heteroatoms. The van der Waals surface area contributed by atoms with Crippen LogP contribution in [-0.4, -0.2) is 21.3 Å². The Morgan fingerprint density at radius 2 is 1.64 bits per heavy atom. The zero-order valence-electron chi connectivity index (χ0n) is 13.6. The van der Waals surface area contributed by atoms with E-state index in [0.717, 1.165) is 28.4 Å². The Kier molecular flexibility index (Phi) is 5.67.